The van der Waals surface area contributed by atoms with Gasteiger partial charge in [-0.1, -0.05) is 6.07 Å². The predicted octanol–water partition coefficient (Wildman–Crippen LogP) is 3.27. The molecule has 2 rings (SSSR count). The zero-order valence-electron chi connectivity index (χ0n) is 17.7. The fraction of sp³-hybridized carbons (Fsp3) is 0.714. The summed E-state index contributed by atoms with van der Waals surface area (Å²) >= 11 is 0. The Kier molecular flexibility index (Phi) is 12.5. The summed E-state index contributed by atoms with van der Waals surface area (Å²) in [5.74, 6) is 1.76. The highest BCUT2D eigenvalue weighted by Crippen LogP contribution is 2.18. The third-order valence-electron chi connectivity index (χ3n) is 5.23. The van der Waals surface area contributed by atoms with Crippen LogP contribution >= 0.6 is 24.0 Å². The standard InChI is InChI=1S/C21H36N4O2.HI/c1-4-22-21(24(3)15-10-19-11-16-27-17-12-19)23-13-5-6-14-25-18(2)8-7-9-20(25)26;/h7-9,19H,4-6,10-17H2,1-3H3,(H,22,23);1H. The Bertz CT molecular complexity index is 642. The van der Waals surface area contributed by atoms with Crippen molar-refractivity contribution in [3.63, 3.8) is 0 Å². The fourth-order valence-corrected chi connectivity index (χ4v) is 3.46. The molecular weight excluding hydrogens is 467 g/mol. The molecule has 0 aromatic carbocycles. The van der Waals surface area contributed by atoms with E-state index in [2.05, 4.69) is 24.2 Å². The second-order valence-corrected chi connectivity index (χ2v) is 7.37. The molecule has 1 fully saturated rings. The Labute approximate surface area is 186 Å². The number of unbranched alkanes of at least 4 members (excludes halogenated alkanes) is 1. The summed E-state index contributed by atoms with van der Waals surface area (Å²) in [6, 6.07) is 5.43. The summed E-state index contributed by atoms with van der Waals surface area (Å²) in [6.45, 7) is 9.34. The highest BCUT2D eigenvalue weighted by atomic mass is 127. The molecule has 7 heteroatoms. The van der Waals surface area contributed by atoms with Gasteiger partial charge in [0.15, 0.2) is 5.96 Å². The van der Waals surface area contributed by atoms with Gasteiger partial charge in [0.25, 0.3) is 5.56 Å². The second kappa shape index (κ2) is 14.0. The molecule has 1 aromatic rings. The van der Waals surface area contributed by atoms with Gasteiger partial charge in [-0.2, -0.15) is 0 Å². The van der Waals surface area contributed by atoms with Crippen LogP contribution in [0.25, 0.3) is 0 Å². The van der Waals surface area contributed by atoms with Crippen LogP contribution in [-0.2, 0) is 11.3 Å². The number of guanidine groups is 1. The average molecular weight is 504 g/mol. The minimum atomic E-state index is 0. The molecule has 0 radical (unpaired) electrons. The van der Waals surface area contributed by atoms with E-state index >= 15 is 0 Å². The van der Waals surface area contributed by atoms with Crippen LogP contribution in [-0.4, -0.2) is 55.3 Å². The van der Waals surface area contributed by atoms with Gasteiger partial charge in [-0.05, 0) is 57.9 Å². The predicted molar refractivity (Wildman–Crippen MR) is 127 cm³/mol. The van der Waals surface area contributed by atoms with E-state index < -0.39 is 0 Å². The number of rotatable bonds is 9. The van der Waals surface area contributed by atoms with Gasteiger partial charge in [0, 0.05) is 58.2 Å². The van der Waals surface area contributed by atoms with Gasteiger partial charge in [-0.15, -0.1) is 24.0 Å². The SMILES string of the molecule is CCNC(=NCCCCn1c(C)cccc1=O)N(C)CCC1CCOCC1.I. The van der Waals surface area contributed by atoms with Crippen molar-refractivity contribution in [2.24, 2.45) is 10.9 Å². The monoisotopic (exact) mass is 504 g/mol. The minimum absolute atomic E-state index is 0. The summed E-state index contributed by atoms with van der Waals surface area (Å²) in [6.07, 6.45) is 5.49. The van der Waals surface area contributed by atoms with Crippen LogP contribution in [0.4, 0.5) is 0 Å². The summed E-state index contributed by atoms with van der Waals surface area (Å²) in [7, 11) is 2.12. The van der Waals surface area contributed by atoms with Crippen molar-refractivity contribution >= 4 is 29.9 Å². The van der Waals surface area contributed by atoms with Crippen molar-refractivity contribution in [2.75, 3.05) is 39.9 Å². The summed E-state index contributed by atoms with van der Waals surface area (Å²) in [5, 5.41) is 3.39. The third kappa shape index (κ3) is 8.51. The van der Waals surface area contributed by atoms with Gasteiger partial charge < -0.3 is 19.5 Å². The molecule has 0 spiro atoms. The number of hydrogen-bond acceptors (Lipinski definition) is 3. The molecule has 0 atom stereocenters. The number of nitrogens with zero attached hydrogens (tertiary/aromatic N) is 3. The first-order valence-corrected chi connectivity index (χ1v) is 10.4. The van der Waals surface area contributed by atoms with E-state index in [1.165, 1.54) is 19.3 Å². The first-order valence-electron chi connectivity index (χ1n) is 10.4. The summed E-state index contributed by atoms with van der Waals surface area (Å²) in [4.78, 5) is 18.9. The first kappa shape index (κ1) is 24.9. The average Bonchev–Trinajstić information content (AvgIpc) is 2.67. The van der Waals surface area contributed by atoms with Crippen LogP contribution in [0.1, 0.15) is 44.7 Å². The molecule has 0 amide bonds. The topological polar surface area (TPSA) is 58.9 Å². The first-order chi connectivity index (χ1) is 13.1. The number of aromatic nitrogens is 1. The van der Waals surface area contributed by atoms with E-state index in [0.29, 0.717) is 0 Å². The molecule has 1 saturated heterocycles. The second-order valence-electron chi connectivity index (χ2n) is 7.37. The molecule has 0 aliphatic carbocycles. The third-order valence-corrected chi connectivity index (χ3v) is 5.23. The molecule has 1 aliphatic heterocycles. The number of pyridine rings is 1. The summed E-state index contributed by atoms with van der Waals surface area (Å²) in [5.41, 5.74) is 1.10. The van der Waals surface area contributed by atoms with E-state index in [9.17, 15) is 4.79 Å². The number of halogens is 1. The van der Waals surface area contributed by atoms with E-state index in [1.807, 2.05) is 23.6 Å². The fourth-order valence-electron chi connectivity index (χ4n) is 3.46. The lowest BCUT2D eigenvalue weighted by Crippen LogP contribution is -2.40. The molecule has 0 bridgehead atoms. The number of ether oxygens (including phenoxy) is 1. The highest BCUT2D eigenvalue weighted by molar-refractivity contribution is 14.0. The van der Waals surface area contributed by atoms with Gasteiger partial charge in [0.1, 0.15) is 0 Å². The lowest BCUT2D eigenvalue weighted by molar-refractivity contribution is 0.0625. The minimum Gasteiger partial charge on any atom is -0.381 e. The molecular formula is C21H37IN4O2. The number of aryl methyl sites for hydroxylation is 1. The molecule has 0 saturated carbocycles. The van der Waals surface area contributed by atoms with E-state index in [1.54, 1.807) is 6.07 Å². The van der Waals surface area contributed by atoms with E-state index in [0.717, 1.165) is 69.8 Å². The maximum Gasteiger partial charge on any atom is 0.250 e. The number of aliphatic imine (C=N–C) groups is 1. The van der Waals surface area contributed by atoms with Crippen molar-refractivity contribution in [3.05, 3.63) is 34.2 Å². The summed E-state index contributed by atoms with van der Waals surface area (Å²) < 4.78 is 7.29. The Morgan fingerprint density at radius 3 is 2.75 bits per heavy atom. The van der Waals surface area contributed by atoms with Crippen LogP contribution in [0.15, 0.2) is 28.0 Å². The van der Waals surface area contributed by atoms with Crippen molar-refractivity contribution in [2.45, 2.75) is 52.5 Å². The lowest BCUT2D eigenvalue weighted by Gasteiger charge is -2.26. The lowest BCUT2D eigenvalue weighted by atomic mass is 9.96. The Hall–Kier alpha value is -1.09. The number of hydrogen-bond donors (Lipinski definition) is 1. The van der Waals surface area contributed by atoms with Gasteiger partial charge in [-0.25, -0.2) is 0 Å². The Morgan fingerprint density at radius 1 is 1.32 bits per heavy atom. The zero-order valence-corrected chi connectivity index (χ0v) is 20.0. The maximum atomic E-state index is 11.9. The normalized spacial score (nSPS) is 15.2. The Morgan fingerprint density at radius 2 is 2.07 bits per heavy atom. The molecule has 28 heavy (non-hydrogen) atoms. The van der Waals surface area contributed by atoms with Crippen LogP contribution in [0.2, 0.25) is 0 Å². The quantitative estimate of drug-likeness (QED) is 0.243. The van der Waals surface area contributed by atoms with Crippen molar-refractivity contribution in [1.29, 1.82) is 0 Å². The molecule has 6 nitrogen and oxygen atoms in total. The largest absolute Gasteiger partial charge is 0.381 e. The van der Waals surface area contributed by atoms with Gasteiger partial charge >= 0.3 is 0 Å². The van der Waals surface area contributed by atoms with Crippen LogP contribution < -0.4 is 10.9 Å². The van der Waals surface area contributed by atoms with Crippen molar-refractivity contribution < 1.29 is 4.74 Å². The molecule has 0 unspecified atom stereocenters. The van der Waals surface area contributed by atoms with Gasteiger partial charge in [-0.3, -0.25) is 9.79 Å². The molecule has 2 heterocycles. The highest BCUT2D eigenvalue weighted by Gasteiger charge is 2.15. The molecule has 1 aliphatic rings. The van der Waals surface area contributed by atoms with Crippen LogP contribution in [0, 0.1) is 12.8 Å². The van der Waals surface area contributed by atoms with Crippen LogP contribution in [0.3, 0.4) is 0 Å². The number of nitrogens with one attached hydrogen (secondary N) is 1. The maximum absolute atomic E-state index is 11.9. The van der Waals surface area contributed by atoms with Crippen molar-refractivity contribution in [1.82, 2.24) is 14.8 Å². The molecule has 1 aromatic heterocycles. The molecule has 160 valence electrons. The molecule has 1 N–H and O–H groups in total. The van der Waals surface area contributed by atoms with Crippen molar-refractivity contribution in [3.8, 4) is 0 Å². The van der Waals surface area contributed by atoms with Crippen LogP contribution in [0.5, 0.6) is 0 Å². The Balaban J connectivity index is 0.00000392. The van der Waals surface area contributed by atoms with Gasteiger partial charge in [0.2, 0.25) is 0 Å². The van der Waals surface area contributed by atoms with E-state index in [-0.39, 0.29) is 29.5 Å². The van der Waals surface area contributed by atoms with E-state index in [4.69, 9.17) is 9.73 Å². The smallest absolute Gasteiger partial charge is 0.250 e. The van der Waals surface area contributed by atoms with Gasteiger partial charge in [0.05, 0.1) is 0 Å². The zero-order chi connectivity index (χ0) is 19.5.